The summed E-state index contributed by atoms with van der Waals surface area (Å²) < 4.78 is 58.6. The molecule has 1 aromatic heterocycles. The van der Waals surface area contributed by atoms with Crippen molar-refractivity contribution in [3.63, 3.8) is 0 Å². The highest BCUT2D eigenvalue weighted by Crippen LogP contribution is 2.38. The molecule has 1 N–H and O–H groups in total. The Hall–Kier alpha value is -2.88. The van der Waals surface area contributed by atoms with Crippen molar-refractivity contribution in [1.82, 2.24) is 10.1 Å². The fraction of sp³-hybridized carbons (Fsp3) is 0.318. The summed E-state index contributed by atoms with van der Waals surface area (Å²) in [4.78, 5) is 16.9. The number of hydrogen-bond donors (Lipinski definition) is 1. The standard InChI is InChI=1S/C22H21F4N3O2S/c1-3-13(2)32-16-8-9-18(17(12-16)22(24,25)26)27-19(30)10-11-20-28-21(29-31-20)14-4-6-15(23)7-5-14/h4-9,12-13H,3,10-11H2,1-2H3,(H,27,30). The van der Waals surface area contributed by atoms with Gasteiger partial charge in [0.25, 0.3) is 0 Å². The number of carbonyl (C=O) groups is 1. The molecule has 5 nitrogen and oxygen atoms in total. The molecule has 1 unspecified atom stereocenters. The van der Waals surface area contributed by atoms with Gasteiger partial charge >= 0.3 is 6.18 Å². The Bertz CT molecular complexity index is 1070. The molecule has 0 fully saturated rings. The highest BCUT2D eigenvalue weighted by atomic mass is 32.2. The number of thioether (sulfide) groups is 1. The van der Waals surface area contributed by atoms with Crippen LogP contribution in [0.5, 0.6) is 0 Å². The van der Waals surface area contributed by atoms with Gasteiger partial charge in [0.2, 0.25) is 17.6 Å². The normalized spacial score (nSPS) is 12.6. The largest absolute Gasteiger partial charge is 0.418 e. The van der Waals surface area contributed by atoms with E-state index in [4.69, 9.17) is 4.52 Å². The van der Waals surface area contributed by atoms with Crippen molar-refractivity contribution in [2.75, 3.05) is 5.32 Å². The molecule has 170 valence electrons. The molecule has 0 aliphatic carbocycles. The number of hydrogen-bond acceptors (Lipinski definition) is 5. The Morgan fingerprint density at radius 2 is 1.91 bits per heavy atom. The lowest BCUT2D eigenvalue weighted by molar-refractivity contribution is -0.137. The lowest BCUT2D eigenvalue weighted by atomic mass is 10.1. The molecule has 10 heteroatoms. The van der Waals surface area contributed by atoms with E-state index in [1.807, 2.05) is 13.8 Å². The Balaban J connectivity index is 1.65. The third-order valence-corrected chi connectivity index (χ3v) is 5.88. The summed E-state index contributed by atoms with van der Waals surface area (Å²) in [6.07, 6.45) is -3.89. The van der Waals surface area contributed by atoms with E-state index in [0.717, 1.165) is 12.5 Å². The average Bonchev–Trinajstić information content (AvgIpc) is 3.22. The van der Waals surface area contributed by atoms with E-state index in [0.29, 0.717) is 10.5 Å². The molecule has 1 amide bonds. The summed E-state index contributed by atoms with van der Waals surface area (Å²) in [7, 11) is 0. The van der Waals surface area contributed by atoms with Crippen LogP contribution in [-0.2, 0) is 17.4 Å². The maximum Gasteiger partial charge on any atom is 0.418 e. The van der Waals surface area contributed by atoms with E-state index >= 15 is 0 Å². The smallest absolute Gasteiger partial charge is 0.339 e. The maximum absolute atomic E-state index is 13.5. The van der Waals surface area contributed by atoms with Gasteiger partial charge in [-0.05, 0) is 48.9 Å². The van der Waals surface area contributed by atoms with Gasteiger partial charge in [0.1, 0.15) is 5.82 Å². The lowest BCUT2D eigenvalue weighted by Gasteiger charge is -2.16. The first-order valence-electron chi connectivity index (χ1n) is 9.92. The number of nitrogens with zero attached hydrogens (tertiary/aromatic N) is 2. The average molecular weight is 467 g/mol. The Labute approximate surface area is 186 Å². The van der Waals surface area contributed by atoms with E-state index in [1.165, 1.54) is 42.1 Å². The van der Waals surface area contributed by atoms with E-state index in [-0.39, 0.29) is 35.5 Å². The Morgan fingerprint density at radius 1 is 1.19 bits per heavy atom. The summed E-state index contributed by atoms with van der Waals surface area (Å²) in [5, 5.41) is 6.27. The first-order valence-corrected chi connectivity index (χ1v) is 10.8. The first kappa shape index (κ1) is 23.8. The maximum atomic E-state index is 13.5. The van der Waals surface area contributed by atoms with Crippen LogP contribution in [-0.4, -0.2) is 21.3 Å². The SMILES string of the molecule is CCC(C)Sc1ccc(NC(=O)CCc2nc(-c3ccc(F)cc3)no2)c(C(F)(F)F)c1. The van der Waals surface area contributed by atoms with Crippen LogP contribution in [0.1, 0.15) is 38.1 Å². The minimum atomic E-state index is -4.61. The number of aromatic nitrogens is 2. The Morgan fingerprint density at radius 3 is 2.56 bits per heavy atom. The number of carbonyl (C=O) groups excluding carboxylic acids is 1. The van der Waals surface area contributed by atoms with Gasteiger partial charge in [0, 0.05) is 28.6 Å². The molecule has 0 aliphatic rings. The van der Waals surface area contributed by atoms with E-state index < -0.39 is 23.5 Å². The van der Waals surface area contributed by atoms with Crippen LogP contribution in [0.2, 0.25) is 0 Å². The number of benzene rings is 2. The summed E-state index contributed by atoms with van der Waals surface area (Å²) in [6, 6.07) is 9.36. The molecule has 0 bridgehead atoms. The van der Waals surface area contributed by atoms with Crippen LogP contribution in [0.15, 0.2) is 51.9 Å². The van der Waals surface area contributed by atoms with Crippen LogP contribution in [0.3, 0.4) is 0 Å². The molecule has 2 aromatic carbocycles. The van der Waals surface area contributed by atoms with Gasteiger partial charge in [-0.3, -0.25) is 4.79 Å². The molecule has 1 heterocycles. The second kappa shape index (κ2) is 10.2. The van der Waals surface area contributed by atoms with Crippen LogP contribution >= 0.6 is 11.8 Å². The summed E-state index contributed by atoms with van der Waals surface area (Å²) in [6.45, 7) is 3.90. The topological polar surface area (TPSA) is 68.0 Å². The molecular formula is C22H21F4N3O2S. The molecule has 3 rings (SSSR count). The molecule has 0 saturated heterocycles. The van der Waals surface area contributed by atoms with Gasteiger partial charge in [-0.2, -0.15) is 18.2 Å². The second-order valence-corrected chi connectivity index (χ2v) is 8.62. The molecule has 0 radical (unpaired) electrons. The molecule has 32 heavy (non-hydrogen) atoms. The van der Waals surface area contributed by atoms with Gasteiger partial charge in [-0.25, -0.2) is 4.39 Å². The number of alkyl halides is 3. The zero-order valence-corrected chi connectivity index (χ0v) is 18.2. The van der Waals surface area contributed by atoms with Crippen molar-refractivity contribution < 1.29 is 26.9 Å². The zero-order chi connectivity index (χ0) is 23.3. The third kappa shape index (κ3) is 6.32. The van der Waals surface area contributed by atoms with Crippen LogP contribution in [0, 0.1) is 5.82 Å². The zero-order valence-electron chi connectivity index (χ0n) is 17.4. The molecular weight excluding hydrogens is 446 g/mol. The number of rotatable bonds is 8. The van der Waals surface area contributed by atoms with Gasteiger partial charge in [-0.15, -0.1) is 11.8 Å². The van der Waals surface area contributed by atoms with E-state index in [9.17, 15) is 22.4 Å². The number of anilines is 1. The summed E-state index contributed by atoms with van der Waals surface area (Å²) in [5.74, 6) is -0.636. The van der Waals surface area contributed by atoms with Crippen molar-refractivity contribution in [2.24, 2.45) is 0 Å². The minimum Gasteiger partial charge on any atom is -0.339 e. The second-order valence-electron chi connectivity index (χ2n) is 7.11. The predicted molar refractivity (Wildman–Crippen MR) is 114 cm³/mol. The van der Waals surface area contributed by atoms with Crippen LogP contribution in [0.25, 0.3) is 11.4 Å². The number of nitrogens with one attached hydrogen (secondary N) is 1. The summed E-state index contributed by atoms with van der Waals surface area (Å²) in [5.41, 5.74) is -0.653. The molecule has 1 atom stereocenters. The first-order chi connectivity index (χ1) is 15.2. The van der Waals surface area contributed by atoms with Crippen molar-refractivity contribution in [1.29, 1.82) is 0 Å². The van der Waals surface area contributed by atoms with E-state index in [1.54, 1.807) is 6.07 Å². The van der Waals surface area contributed by atoms with Crippen molar-refractivity contribution in [2.45, 2.75) is 49.4 Å². The Kier molecular flexibility index (Phi) is 7.55. The molecule has 3 aromatic rings. The van der Waals surface area contributed by atoms with Crippen LogP contribution in [0.4, 0.5) is 23.2 Å². The minimum absolute atomic E-state index is 0.0450. The summed E-state index contributed by atoms with van der Waals surface area (Å²) >= 11 is 1.35. The van der Waals surface area contributed by atoms with Gasteiger partial charge in [0.05, 0.1) is 11.3 Å². The van der Waals surface area contributed by atoms with Gasteiger partial charge < -0.3 is 9.84 Å². The highest BCUT2D eigenvalue weighted by Gasteiger charge is 2.34. The van der Waals surface area contributed by atoms with Crippen molar-refractivity contribution in [3.8, 4) is 11.4 Å². The number of amides is 1. The fourth-order valence-corrected chi connectivity index (χ4v) is 3.73. The lowest BCUT2D eigenvalue weighted by Crippen LogP contribution is -2.17. The van der Waals surface area contributed by atoms with Crippen molar-refractivity contribution in [3.05, 3.63) is 59.7 Å². The third-order valence-electron chi connectivity index (χ3n) is 4.62. The van der Waals surface area contributed by atoms with Gasteiger partial charge in [0.15, 0.2) is 0 Å². The molecule has 0 spiro atoms. The number of aryl methyl sites for hydroxylation is 1. The monoisotopic (exact) mass is 467 g/mol. The van der Waals surface area contributed by atoms with E-state index in [2.05, 4.69) is 15.5 Å². The highest BCUT2D eigenvalue weighted by molar-refractivity contribution is 7.99. The van der Waals surface area contributed by atoms with Gasteiger partial charge in [-0.1, -0.05) is 19.0 Å². The quantitative estimate of drug-likeness (QED) is 0.309. The van der Waals surface area contributed by atoms with Crippen molar-refractivity contribution >= 4 is 23.4 Å². The predicted octanol–water partition coefficient (Wildman–Crippen LogP) is 6.36. The van der Waals surface area contributed by atoms with Crippen LogP contribution < -0.4 is 5.32 Å². The molecule has 0 aliphatic heterocycles. The molecule has 0 saturated carbocycles. The number of halogens is 4. The fourth-order valence-electron chi connectivity index (χ4n) is 2.76.